The van der Waals surface area contributed by atoms with E-state index in [0.717, 1.165) is 12.7 Å². The Morgan fingerprint density at radius 2 is 2.06 bits per heavy atom. The second-order valence-corrected chi connectivity index (χ2v) is 4.26. The SMILES string of the molecule is C[C@@H]1CCN(C(=O)c2ccccc2)[C@H]1C=O. The van der Waals surface area contributed by atoms with Gasteiger partial charge in [-0.1, -0.05) is 25.1 Å². The van der Waals surface area contributed by atoms with Crippen LogP contribution in [0, 0.1) is 5.92 Å². The number of rotatable bonds is 2. The summed E-state index contributed by atoms with van der Waals surface area (Å²) < 4.78 is 0. The summed E-state index contributed by atoms with van der Waals surface area (Å²) in [5.41, 5.74) is 0.656. The molecule has 1 aromatic rings. The van der Waals surface area contributed by atoms with Gasteiger partial charge in [0.15, 0.2) is 0 Å². The molecular weight excluding hydrogens is 202 g/mol. The number of hydrogen-bond acceptors (Lipinski definition) is 2. The fourth-order valence-corrected chi connectivity index (χ4v) is 2.16. The minimum absolute atomic E-state index is 0.0398. The molecule has 0 unspecified atom stereocenters. The summed E-state index contributed by atoms with van der Waals surface area (Å²) in [6.07, 6.45) is 1.79. The Morgan fingerprint density at radius 1 is 1.38 bits per heavy atom. The Labute approximate surface area is 95.1 Å². The van der Waals surface area contributed by atoms with Crippen molar-refractivity contribution in [3.8, 4) is 0 Å². The zero-order chi connectivity index (χ0) is 11.5. The molecule has 3 heteroatoms. The van der Waals surface area contributed by atoms with Crippen LogP contribution < -0.4 is 0 Å². The van der Waals surface area contributed by atoms with Crippen molar-refractivity contribution in [2.24, 2.45) is 5.92 Å². The molecule has 0 bridgehead atoms. The number of benzene rings is 1. The van der Waals surface area contributed by atoms with E-state index in [1.807, 2.05) is 25.1 Å². The Hall–Kier alpha value is -1.64. The largest absolute Gasteiger partial charge is 0.329 e. The van der Waals surface area contributed by atoms with E-state index in [-0.39, 0.29) is 17.9 Å². The average Bonchev–Trinajstić information content (AvgIpc) is 2.70. The summed E-state index contributed by atoms with van der Waals surface area (Å²) in [5, 5.41) is 0. The predicted octanol–water partition coefficient (Wildman–Crippen LogP) is 1.74. The van der Waals surface area contributed by atoms with E-state index in [2.05, 4.69) is 0 Å². The Kier molecular flexibility index (Phi) is 3.04. The lowest BCUT2D eigenvalue weighted by atomic mass is 10.0. The Bertz CT molecular complexity index is 388. The molecule has 0 aromatic heterocycles. The second-order valence-electron chi connectivity index (χ2n) is 4.26. The van der Waals surface area contributed by atoms with E-state index in [4.69, 9.17) is 0 Å². The average molecular weight is 217 g/mol. The number of nitrogens with zero attached hydrogens (tertiary/aromatic N) is 1. The molecule has 1 amide bonds. The van der Waals surface area contributed by atoms with Gasteiger partial charge < -0.3 is 9.69 Å². The van der Waals surface area contributed by atoms with Gasteiger partial charge in [-0.3, -0.25) is 4.79 Å². The lowest BCUT2D eigenvalue weighted by Gasteiger charge is -2.22. The second kappa shape index (κ2) is 4.47. The first-order chi connectivity index (χ1) is 7.74. The highest BCUT2D eigenvalue weighted by atomic mass is 16.2. The first-order valence-corrected chi connectivity index (χ1v) is 5.55. The molecule has 16 heavy (non-hydrogen) atoms. The van der Waals surface area contributed by atoms with Crippen molar-refractivity contribution in [1.82, 2.24) is 4.90 Å². The van der Waals surface area contributed by atoms with Gasteiger partial charge in [0.2, 0.25) is 0 Å². The normalized spacial score (nSPS) is 24.4. The summed E-state index contributed by atoms with van der Waals surface area (Å²) in [4.78, 5) is 24.8. The molecule has 0 aliphatic carbocycles. The summed E-state index contributed by atoms with van der Waals surface area (Å²) in [6.45, 7) is 2.69. The van der Waals surface area contributed by atoms with Crippen molar-refractivity contribution in [1.29, 1.82) is 0 Å². The minimum atomic E-state index is -0.257. The number of amides is 1. The van der Waals surface area contributed by atoms with E-state index in [1.165, 1.54) is 0 Å². The standard InChI is InChI=1S/C13H15NO2/c1-10-7-8-14(12(10)9-15)13(16)11-5-3-2-4-6-11/h2-6,9-10,12H,7-8H2,1H3/t10-,12+/m1/s1. The first kappa shape index (κ1) is 10.9. The molecule has 0 radical (unpaired) electrons. The molecule has 0 spiro atoms. The van der Waals surface area contributed by atoms with Gasteiger partial charge in [-0.15, -0.1) is 0 Å². The van der Waals surface area contributed by atoms with Crippen molar-refractivity contribution in [3.05, 3.63) is 35.9 Å². The molecule has 1 saturated heterocycles. The van der Waals surface area contributed by atoms with E-state index < -0.39 is 0 Å². The third-order valence-corrected chi connectivity index (χ3v) is 3.19. The van der Waals surface area contributed by atoms with Crippen LogP contribution in [0.3, 0.4) is 0 Å². The molecule has 84 valence electrons. The van der Waals surface area contributed by atoms with Crippen molar-refractivity contribution >= 4 is 12.2 Å². The van der Waals surface area contributed by atoms with Crippen LogP contribution in [0.2, 0.25) is 0 Å². The van der Waals surface area contributed by atoms with E-state index in [9.17, 15) is 9.59 Å². The molecule has 2 atom stereocenters. The van der Waals surface area contributed by atoms with Crippen molar-refractivity contribution in [2.45, 2.75) is 19.4 Å². The van der Waals surface area contributed by atoms with Gasteiger partial charge in [0.1, 0.15) is 6.29 Å². The molecule has 1 aliphatic rings. The van der Waals surface area contributed by atoms with Crippen LogP contribution >= 0.6 is 0 Å². The minimum Gasteiger partial charge on any atom is -0.329 e. The van der Waals surface area contributed by atoms with E-state index >= 15 is 0 Å². The molecule has 3 nitrogen and oxygen atoms in total. The lowest BCUT2D eigenvalue weighted by Crippen LogP contribution is -2.38. The summed E-state index contributed by atoms with van der Waals surface area (Å²) >= 11 is 0. The molecular formula is C13H15NO2. The Balaban J connectivity index is 2.20. The monoisotopic (exact) mass is 217 g/mol. The summed E-state index contributed by atoms with van der Waals surface area (Å²) in [5.74, 6) is 0.229. The third-order valence-electron chi connectivity index (χ3n) is 3.19. The molecule has 1 heterocycles. The molecule has 1 fully saturated rings. The lowest BCUT2D eigenvalue weighted by molar-refractivity contribution is -0.111. The molecule has 1 aliphatic heterocycles. The highest BCUT2D eigenvalue weighted by molar-refractivity contribution is 5.96. The van der Waals surface area contributed by atoms with Crippen molar-refractivity contribution < 1.29 is 9.59 Å². The molecule has 0 N–H and O–H groups in total. The zero-order valence-electron chi connectivity index (χ0n) is 9.30. The predicted molar refractivity (Wildman–Crippen MR) is 61.1 cm³/mol. The number of carbonyl (C=O) groups excluding carboxylic acids is 2. The molecule has 0 saturated carbocycles. The van der Waals surface area contributed by atoms with Crippen molar-refractivity contribution in [3.63, 3.8) is 0 Å². The number of likely N-dealkylation sites (tertiary alicyclic amines) is 1. The van der Waals surface area contributed by atoms with Gasteiger partial charge in [-0.05, 0) is 24.5 Å². The van der Waals surface area contributed by atoms with Crippen LogP contribution in [0.5, 0.6) is 0 Å². The van der Waals surface area contributed by atoms with Gasteiger partial charge in [-0.2, -0.15) is 0 Å². The fraction of sp³-hybridized carbons (Fsp3) is 0.385. The number of hydrogen-bond donors (Lipinski definition) is 0. The quantitative estimate of drug-likeness (QED) is 0.707. The van der Waals surface area contributed by atoms with Crippen LogP contribution in [0.15, 0.2) is 30.3 Å². The van der Waals surface area contributed by atoms with Crippen LogP contribution in [0.1, 0.15) is 23.7 Å². The molecule has 2 rings (SSSR count). The van der Waals surface area contributed by atoms with Crippen molar-refractivity contribution in [2.75, 3.05) is 6.54 Å². The van der Waals surface area contributed by atoms with E-state index in [0.29, 0.717) is 12.1 Å². The number of aldehydes is 1. The van der Waals surface area contributed by atoms with Crippen LogP contribution in [0.4, 0.5) is 0 Å². The van der Waals surface area contributed by atoms with Crippen LogP contribution in [-0.2, 0) is 4.79 Å². The van der Waals surface area contributed by atoms with Gasteiger partial charge >= 0.3 is 0 Å². The third kappa shape index (κ3) is 1.85. The topological polar surface area (TPSA) is 37.4 Å². The zero-order valence-corrected chi connectivity index (χ0v) is 9.30. The smallest absolute Gasteiger partial charge is 0.254 e. The fourth-order valence-electron chi connectivity index (χ4n) is 2.16. The van der Waals surface area contributed by atoms with Gasteiger partial charge in [0.25, 0.3) is 5.91 Å². The summed E-state index contributed by atoms with van der Waals surface area (Å²) in [7, 11) is 0. The van der Waals surface area contributed by atoms with Crippen LogP contribution in [-0.4, -0.2) is 29.7 Å². The van der Waals surface area contributed by atoms with Gasteiger partial charge in [0, 0.05) is 12.1 Å². The van der Waals surface area contributed by atoms with Gasteiger partial charge in [-0.25, -0.2) is 0 Å². The van der Waals surface area contributed by atoms with Crippen LogP contribution in [0.25, 0.3) is 0 Å². The van der Waals surface area contributed by atoms with E-state index in [1.54, 1.807) is 17.0 Å². The number of carbonyl (C=O) groups is 2. The Morgan fingerprint density at radius 3 is 2.69 bits per heavy atom. The molecule has 1 aromatic carbocycles. The summed E-state index contributed by atoms with van der Waals surface area (Å²) in [6, 6.07) is 8.86. The maximum atomic E-state index is 12.1. The highest BCUT2D eigenvalue weighted by Gasteiger charge is 2.34. The van der Waals surface area contributed by atoms with Gasteiger partial charge in [0.05, 0.1) is 6.04 Å². The maximum absolute atomic E-state index is 12.1. The first-order valence-electron chi connectivity index (χ1n) is 5.55. The highest BCUT2D eigenvalue weighted by Crippen LogP contribution is 2.24. The maximum Gasteiger partial charge on any atom is 0.254 e.